The van der Waals surface area contributed by atoms with Crippen molar-refractivity contribution in [3.05, 3.63) is 15.1 Å². The highest BCUT2D eigenvalue weighted by atomic mass is 127. The summed E-state index contributed by atoms with van der Waals surface area (Å²) in [7, 11) is 0. The van der Waals surface area contributed by atoms with E-state index in [9.17, 15) is 13.2 Å². The Hall–Kier alpha value is -0.600. The first-order valence-electron chi connectivity index (χ1n) is 4.90. The minimum absolute atomic E-state index is 0.102. The smallest absolute Gasteiger partial charge is 0.383 e. The van der Waals surface area contributed by atoms with Crippen molar-refractivity contribution in [3.63, 3.8) is 0 Å². The van der Waals surface area contributed by atoms with E-state index in [-0.39, 0.29) is 17.1 Å². The summed E-state index contributed by atoms with van der Waals surface area (Å²) >= 11 is 1.95. The van der Waals surface area contributed by atoms with Crippen LogP contribution < -0.4 is 5.73 Å². The van der Waals surface area contributed by atoms with Crippen LogP contribution in [-0.4, -0.2) is 16.1 Å². The van der Waals surface area contributed by atoms with Gasteiger partial charge in [0.05, 0.1) is 9.26 Å². The van der Waals surface area contributed by atoms with Gasteiger partial charge in [-0.15, -0.1) is 0 Å². The van der Waals surface area contributed by atoms with E-state index < -0.39 is 12.6 Å². The van der Waals surface area contributed by atoms with Crippen molar-refractivity contribution in [2.45, 2.75) is 38.8 Å². The Morgan fingerprint density at radius 1 is 1.18 bits per heavy atom. The lowest BCUT2D eigenvalue weighted by atomic mass is 9.92. The molecule has 96 valence electrons. The summed E-state index contributed by atoms with van der Waals surface area (Å²) in [6, 6.07) is 0. The van der Waals surface area contributed by atoms with Crippen LogP contribution >= 0.6 is 22.6 Å². The van der Waals surface area contributed by atoms with Crippen molar-refractivity contribution < 1.29 is 13.2 Å². The monoisotopic (exact) mass is 359 g/mol. The Morgan fingerprint density at radius 3 is 2.12 bits per heavy atom. The van der Waals surface area contributed by atoms with Gasteiger partial charge in [0, 0.05) is 5.41 Å². The van der Waals surface area contributed by atoms with Gasteiger partial charge in [0.25, 0.3) is 0 Å². The van der Waals surface area contributed by atoms with Crippen molar-refractivity contribution in [2.75, 3.05) is 5.73 Å². The lowest BCUT2D eigenvalue weighted by Crippen LogP contribution is -2.22. The number of halogens is 4. The molecule has 3 nitrogen and oxygen atoms in total. The van der Waals surface area contributed by atoms with Crippen LogP contribution in [0.1, 0.15) is 32.3 Å². The predicted octanol–water partition coefficient (Wildman–Crippen LogP) is 3.07. The number of nitrogen functional groups attached to an aromatic ring is 1. The molecule has 0 fully saturated rings. The molecule has 7 heteroatoms. The first-order valence-corrected chi connectivity index (χ1v) is 5.97. The second kappa shape index (κ2) is 4.58. The van der Waals surface area contributed by atoms with Gasteiger partial charge in [-0.1, -0.05) is 20.8 Å². The molecule has 0 aliphatic heterocycles. The fourth-order valence-corrected chi connectivity index (χ4v) is 2.32. The van der Waals surface area contributed by atoms with Gasteiger partial charge in [0.2, 0.25) is 0 Å². The number of aromatic nitrogens is 2. The molecule has 0 bridgehead atoms. The molecule has 0 unspecified atom stereocenters. The first-order chi connectivity index (χ1) is 7.50. The SMILES string of the molecule is CC(C)(C)c1nc(CC(F)(F)F)nc(N)c1I. The van der Waals surface area contributed by atoms with Crippen molar-refractivity contribution >= 4 is 28.4 Å². The fraction of sp³-hybridized carbons (Fsp3) is 0.600. The second-order valence-corrected chi connectivity index (χ2v) is 5.81. The molecule has 2 N–H and O–H groups in total. The molecule has 0 aromatic carbocycles. The van der Waals surface area contributed by atoms with Gasteiger partial charge in [0.15, 0.2) is 0 Å². The first kappa shape index (κ1) is 14.5. The highest BCUT2D eigenvalue weighted by Gasteiger charge is 2.31. The van der Waals surface area contributed by atoms with Crippen LogP contribution in [0.25, 0.3) is 0 Å². The molecule has 0 saturated heterocycles. The topological polar surface area (TPSA) is 51.8 Å². The van der Waals surface area contributed by atoms with E-state index in [0.717, 1.165) is 0 Å². The van der Waals surface area contributed by atoms with Crippen molar-refractivity contribution in [1.29, 1.82) is 0 Å². The van der Waals surface area contributed by atoms with Crippen LogP contribution in [0.5, 0.6) is 0 Å². The maximum absolute atomic E-state index is 12.3. The summed E-state index contributed by atoms with van der Waals surface area (Å²) in [5.74, 6) is -0.176. The number of nitrogens with two attached hydrogens (primary N) is 1. The summed E-state index contributed by atoms with van der Waals surface area (Å²) in [6.45, 7) is 5.61. The normalized spacial score (nSPS) is 12.9. The van der Waals surface area contributed by atoms with Gasteiger partial charge < -0.3 is 5.73 Å². The van der Waals surface area contributed by atoms with Crippen LogP contribution in [0.3, 0.4) is 0 Å². The average Bonchev–Trinajstić information content (AvgIpc) is 2.06. The maximum Gasteiger partial charge on any atom is 0.396 e. The number of alkyl halides is 3. The van der Waals surface area contributed by atoms with Crippen LogP contribution in [0.2, 0.25) is 0 Å². The highest BCUT2D eigenvalue weighted by Crippen LogP contribution is 2.29. The van der Waals surface area contributed by atoms with Gasteiger partial charge >= 0.3 is 6.18 Å². The summed E-state index contributed by atoms with van der Waals surface area (Å²) in [6.07, 6.45) is -5.48. The average molecular weight is 359 g/mol. The van der Waals surface area contributed by atoms with E-state index in [1.54, 1.807) is 0 Å². The van der Waals surface area contributed by atoms with Crippen molar-refractivity contribution in [3.8, 4) is 0 Å². The minimum Gasteiger partial charge on any atom is -0.383 e. The van der Waals surface area contributed by atoms with Crippen LogP contribution in [0, 0.1) is 3.57 Å². The minimum atomic E-state index is -4.33. The lowest BCUT2D eigenvalue weighted by Gasteiger charge is -2.21. The van der Waals surface area contributed by atoms with E-state index in [4.69, 9.17) is 5.73 Å². The number of anilines is 1. The zero-order valence-corrected chi connectivity index (χ0v) is 11.8. The fourth-order valence-electron chi connectivity index (χ4n) is 1.27. The summed E-state index contributed by atoms with van der Waals surface area (Å²) in [4.78, 5) is 7.64. The summed E-state index contributed by atoms with van der Waals surface area (Å²) in [5, 5.41) is 0. The van der Waals surface area contributed by atoms with E-state index in [1.807, 2.05) is 43.4 Å². The molecule has 0 atom stereocenters. The molecule has 1 aromatic rings. The molecule has 0 radical (unpaired) electrons. The van der Waals surface area contributed by atoms with Crippen molar-refractivity contribution in [1.82, 2.24) is 9.97 Å². The third-order valence-corrected chi connectivity index (χ3v) is 3.06. The Kier molecular flexibility index (Phi) is 3.90. The Labute approximate surface area is 111 Å². The summed E-state index contributed by atoms with van der Waals surface area (Å²) < 4.78 is 37.4. The standard InChI is InChI=1S/C10H13F3IN3/c1-9(2,3)7-6(14)8(15)17-5(16-7)4-10(11,12)13/h4H2,1-3H3,(H2,15,16,17). The number of hydrogen-bond acceptors (Lipinski definition) is 3. The van der Waals surface area contributed by atoms with Crippen LogP contribution in [-0.2, 0) is 11.8 Å². The molecule has 0 aliphatic carbocycles. The Bertz CT molecular complexity index is 424. The molecule has 1 aromatic heterocycles. The molecule has 1 rings (SSSR count). The third-order valence-electron chi connectivity index (χ3n) is 1.99. The molecule has 0 spiro atoms. The predicted molar refractivity (Wildman–Crippen MR) is 67.6 cm³/mol. The lowest BCUT2D eigenvalue weighted by molar-refractivity contribution is -0.128. The summed E-state index contributed by atoms with van der Waals surface area (Å²) in [5.41, 5.74) is 5.79. The second-order valence-electron chi connectivity index (χ2n) is 4.73. The van der Waals surface area contributed by atoms with Crippen LogP contribution in [0.15, 0.2) is 0 Å². The van der Waals surface area contributed by atoms with Gasteiger partial charge in [-0.25, -0.2) is 9.97 Å². The van der Waals surface area contributed by atoms with Gasteiger partial charge in [-0.3, -0.25) is 0 Å². The van der Waals surface area contributed by atoms with E-state index in [1.165, 1.54) is 0 Å². The maximum atomic E-state index is 12.3. The number of rotatable bonds is 1. The quantitative estimate of drug-likeness (QED) is 0.785. The van der Waals surface area contributed by atoms with Crippen LogP contribution in [0.4, 0.5) is 19.0 Å². The highest BCUT2D eigenvalue weighted by molar-refractivity contribution is 14.1. The molecular formula is C10H13F3IN3. The number of hydrogen-bond donors (Lipinski definition) is 1. The van der Waals surface area contributed by atoms with Crippen molar-refractivity contribution in [2.24, 2.45) is 0 Å². The zero-order chi connectivity index (χ0) is 13.4. The van der Waals surface area contributed by atoms with E-state index >= 15 is 0 Å². The Balaban J connectivity index is 3.25. The Morgan fingerprint density at radius 2 is 1.71 bits per heavy atom. The molecular weight excluding hydrogens is 346 g/mol. The molecule has 1 heterocycles. The van der Waals surface area contributed by atoms with Gasteiger partial charge in [0.1, 0.15) is 18.1 Å². The largest absolute Gasteiger partial charge is 0.396 e. The molecule has 0 saturated carbocycles. The number of nitrogens with zero attached hydrogens (tertiary/aromatic N) is 2. The van der Waals surface area contributed by atoms with Gasteiger partial charge in [-0.2, -0.15) is 13.2 Å². The molecule has 17 heavy (non-hydrogen) atoms. The molecule has 0 amide bonds. The van der Waals surface area contributed by atoms with E-state index in [2.05, 4.69) is 9.97 Å². The van der Waals surface area contributed by atoms with E-state index in [0.29, 0.717) is 9.26 Å². The third kappa shape index (κ3) is 3.97. The van der Waals surface area contributed by atoms with Gasteiger partial charge in [-0.05, 0) is 22.6 Å². The zero-order valence-electron chi connectivity index (χ0n) is 9.69. The molecule has 0 aliphatic rings.